The van der Waals surface area contributed by atoms with Gasteiger partial charge in [0.2, 0.25) is 11.8 Å². The summed E-state index contributed by atoms with van der Waals surface area (Å²) in [4.78, 5) is 30.0. The van der Waals surface area contributed by atoms with Gasteiger partial charge in [0.1, 0.15) is 5.41 Å². The third kappa shape index (κ3) is 3.54. The molecule has 0 unspecified atom stereocenters. The zero-order valence-electron chi connectivity index (χ0n) is 15.6. The number of amides is 2. The van der Waals surface area contributed by atoms with Gasteiger partial charge in [-0.3, -0.25) is 9.59 Å². The standard InChI is InChI=1S/C22H25N3O2/c1-17-6-5-9-19(16-17)24-12-14-25(15-13-24)21(27)22(10-11-22)20(26)23-18-7-3-2-4-8-18/h2-9,16H,10-15H2,1H3,(H,23,26). The van der Waals surface area contributed by atoms with Crippen molar-refractivity contribution in [3.05, 3.63) is 60.2 Å². The van der Waals surface area contributed by atoms with Gasteiger partial charge in [-0.1, -0.05) is 30.3 Å². The van der Waals surface area contributed by atoms with Gasteiger partial charge in [0, 0.05) is 37.6 Å². The van der Waals surface area contributed by atoms with E-state index in [9.17, 15) is 9.59 Å². The monoisotopic (exact) mass is 363 g/mol. The fraction of sp³-hybridized carbons (Fsp3) is 0.364. The molecule has 0 atom stereocenters. The van der Waals surface area contributed by atoms with E-state index < -0.39 is 5.41 Å². The van der Waals surface area contributed by atoms with E-state index in [0.717, 1.165) is 18.8 Å². The van der Waals surface area contributed by atoms with Gasteiger partial charge in [-0.2, -0.15) is 0 Å². The van der Waals surface area contributed by atoms with Crippen LogP contribution in [0.4, 0.5) is 11.4 Å². The number of hydrogen-bond donors (Lipinski definition) is 1. The summed E-state index contributed by atoms with van der Waals surface area (Å²) < 4.78 is 0. The van der Waals surface area contributed by atoms with Crippen LogP contribution in [0.1, 0.15) is 18.4 Å². The number of benzene rings is 2. The normalized spacial score (nSPS) is 18.1. The smallest absolute Gasteiger partial charge is 0.240 e. The van der Waals surface area contributed by atoms with Crippen LogP contribution in [0.2, 0.25) is 0 Å². The van der Waals surface area contributed by atoms with Crippen LogP contribution in [0.15, 0.2) is 54.6 Å². The van der Waals surface area contributed by atoms with Crippen molar-refractivity contribution in [2.75, 3.05) is 36.4 Å². The van der Waals surface area contributed by atoms with Crippen molar-refractivity contribution in [2.24, 2.45) is 5.41 Å². The molecule has 2 aliphatic rings. The average molecular weight is 363 g/mol. The number of hydrogen-bond acceptors (Lipinski definition) is 3. The van der Waals surface area contributed by atoms with Crippen LogP contribution in [0, 0.1) is 12.3 Å². The predicted molar refractivity (Wildman–Crippen MR) is 107 cm³/mol. The van der Waals surface area contributed by atoms with E-state index in [1.807, 2.05) is 35.2 Å². The van der Waals surface area contributed by atoms with Crippen LogP contribution < -0.4 is 10.2 Å². The van der Waals surface area contributed by atoms with Crippen molar-refractivity contribution >= 4 is 23.2 Å². The molecule has 5 heteroatoms. The molecule has 1 N–H and O–H groups in total. The minimum absolute atomic E-state index is 0.0141. The minimum atomic E-state index is -0.860. The molecule has 0 aromatic heterocycles. The first-order valence-electron chi connectivity index (χ1n) is 9.56. The predicted octanol–water partition coefficient (Wildman–Crippen LogP) is 3.06. The minimum Gasteiger partial charge on any atom is -0.368 e. The van der Waals surface area contributed by atoms with Crippen LogP contribution in [0.25, 0.3) is 0 Å². The van der Waals surface area contributed by atoms with E-state index in [1.54, 1.807) is 0 Å². The van der Waals surface area contributed by atoms with E-state index in [4.69, 9.17) is 0 Å². The second kappa shape index (κ2) is 7.06. The van der Waals surface area contributed by atoms with Gasteiger partial charge < -0.3 is 15.1 Å². The Balaban J connectivity index is 1.38. The molecule has 2 fully saturated rings. The zero-order valence-corrected chi connectivity index (χ0v) is 15.6. The van der Waals surface area contributed by atoms with Crippen molar-refractivity contribution in [3.8, 4) is 0 Å². The third-order valence-corrected chi connectivity index (χ3v) is 5.56. The zero-order chi connectivity index (χ0) is 18.9. The lowest BCUT2D eigenvalue weighted by atomic mass is 10.0. The van der Waals surface area contributed by atoms with E-state index in [2.05, 4.69) is 41.4 Å². The number of anilines is 2. The number of para-hydroxylation sites is 1. The van der Waals surface area contributed by atoms with E-state index in [0.29, 0.717) is 25.9 Å². The molecule has 1 heterocycles. The molecule has 140 valence electrons. The lowest BCUT2D eigenvalue weighted by Crippen LogP contribution is -2.52. The summed E-state index contributed by atoms with van der Waals surface area (Å²) in [5.41, 5.74) is 2.32. The number of nitrogens with zero attached hydrogens (tertiary/aromatic N) is 2. The molecule has 2 amide bonds. The summed E-state index contributed by atoms with van der Waals surface area (Å²) in [5.74, 6) is -0.181. The molecule has 0 radical (unpaired) electrons. The van der Waals surface area contributed by atoms with Gasteiger partial charge in [0.25, 0.3) is 0 Å². The Hall–Kier alpha value is -2.82. The second-order valence-corrected chi connectivity index (χ2v) is 7.52. The van der Waals surface area contributed by atoms with Gasteiger partial charge in [-0.15, -0.1) is 0 Å². The quantitative estimate of drug-likeness (QED) is 0.850. The largest absolute Gasteiger partial charge is 0.368 e. The average Bonchev–Trinajstić information content (AvgIpc) is 3.50. The highest BCUT2D eigenvalue weighted by atomic mass is 16.2. The number of aryl methyl sites for hydroxylation is 1. The molecular weight excluding hydrogens is 338 g/mol. The van der Waals surface area contributed by atoms with Crippen LogP contribution in [0.3, 0.4) is 0 Å². The lowest BCUT2D eigenvalue weighted by Gasteiger charge is -2.37. The Morgan fingerprint density at radius 2 is 1.63 bits per heavy atom. The molecule has 4 rings (SSSR count). The Bertz CT molecular complexity index is 838. The molecule has 1 aliphatic heterocycles. The molecule has 1 aliphatic carbocycles. The number of carbonyl (C=O) groups excluding carboxylic acids is 2. The van der Waals surface area contributed by atoms with Gasteiger partial charge in [0.05, 0.1) is 0 Å². The Morgan fingerprint density at radius 3 is 2.26 bits per heavy atom. The Labute approximate surface area is 160 Å². The molecule has 27 heavy (non-hydrogen) atoms. The Morgan fingerprint density at radius 1 is 0.926 bits per heavy atom. The van der Waals surface area contributed by atoms with E-state index >= 15 is 0 Å². The first kappa shape index (κ1) is 17.6. The van der Waals surface area contributed by atoms with Crippen molar-refractivity contribution in [3.63, 3.8) is 0 Å². The number of piperazine rings is 1. The fourth-order valence-electron chi connectivity index (χ4n) is 3.73. The lowest BCUT2D eigenvalue weighted by molar-refractivity contribution is -0.142. The van der Waals surface area contributed by atoms with Crippen LogP contribution >= 0.6 is 0 Å². The first-order chi connectivity index (χ1) is 13.1. The molecule has 1 saturated carbocycles. The summed E-state index contributed by atoms with van der Waals surface area (Å²) in [7, 11) is 0. The van der Waals surface area contributed by atoms with Crippen molar-refractivity contribution in [1.29, 1.82) is 0 Å². The topological polar surface area (TPSA) is 52.7 Å². The van der Waals surface area contributed by atoms with Crippen LogP contribution in [-0.2, 0) is 9.59 Å². The van der Waals surface area contributed by atoms with Gasteiger partial charge in [0.15, 0.2) is 0 Å². The van der Waals surface area contributed by atoms with E-state index in [1.165, 1.54) is 11.3 Å². The maximum atomic E-state index is 13.1. The highest BCUT2D eigenvalue weighted by Crippen LogP contribution is 2.48. The van der Waals surface area contributed by atoms with Crippen LogP contribution in [0.5, 0.6) is 0 Å². The summed E-state index contributed by atoms with van der Waals surface area (Å²) >= 11 is 0. The molecule has 2 aromatic carbocycles. The molecule has 1 saturated heterocycles. The summed E-state index contributed by atoms with van der Waals surface area (Å²) in [5, 5.41) is 2.91. The maximum absolute atomic E-state index is 13.1. The summed E-state index contributed by atoms with van der Waals surface area (Å²) in [6.07, 6.45) is 1.28. The summed E-state index contributed by atoms with van der Waals surface area (Å²) in [6.45, 7) is 5.00. The van der Waals surface area contributed by atoms with Crippen LogP contribution in [-0.4, -0.2) is 42.9 Å². The molecule has 2 aromatic rings. The fourth-order valence-corrected chi connectivity index (χ4v) is 3.73. The van der Waals surface area contributed by atoms with Gasteiger partial charge in [-0.05, 0) is 49.6 Å². The van der Waals surface area contributed by atoms with E-state index in [-0.39, 0.29) is 11.8 Å². The third-order valence-electron chi connectivity index (χ3n) is 5.56. The van der Waals surface area contributed by atoms with Crippen molar-refractivity contribution in [1.82, 2.24) is 4.90 Å². The maximum Gasteiger partial charge on any atom is 0.240 e. The number of nitrogens with one attached hydrogen (secondary N) is 1. The molecular formula is C22H25N3O2. The highest BCUT2D eigenvalue weighted by molar-refractivity contribution is 6.13. The number of carbonyl (C=O) groups is 2. The molecule has 0 spiro atoms. The number of rotatable bonds is 4. The summed E-state index contributed by atoms with van der Waals surface area (Å²) in [6, 6.07) is 17.8. The van der Waals surface area contributed by atoms with Crippen molar-refractivity contribution < 1.29 is 9.59 Å². The molecule has 5 nitrogen and oxygen atoms in total. The molecule has 0 bridgehead atoms. The Kier molecular flexibility index (Phi) is 4.60. The second-order valence-electron chi connectivity index (χ2n) is 7.52. The highest BCUT2D eigenvalue weighted by Gasteiger charge is 2.58. The van der Waals surface area contributed by atoms with Gasteiger partial charge in [-0.25, -0.2) is 0 Å². The SMILES string of the molecule is Cc1cccc(N2CCN(C(=O)C3(C(=O)Nc4ccccc4)CC3)CC2)c1. The first-order valence-corrected chi connectivity index (χ1v) is 9.56. The van der Waals surface area contributed by atoms with Gasteiger partial charge >= 0.3 is 0 Å². The van der Waals surface area contributed by atoms with Crippen molar-refractivity contribution in [2.45, 2.75) is 19.8 Å².